The van der Waals surface area contributed by atoms with E-state index >= 15 is 0 Å². The zero-order chi connectivity index (χ0) is 15.1. The molecule has 0 aliphatic carbocycles. The monoisotopic (exact) mass is 287 g/mol. The van der Waals surface area contributed by atoms with E-state index in [1.807, 2.05) is 0 Å². The summed E-state index contributed by atoms with van der Waals surface area (Å²) in [5, 5.41) is 0. The number of alkyl halides is 3. The molecule has 1 aromatic carbocycles. The molecule has 4 nitrogen and oxygen atoms in total. The third-order valence-electron chi connectivity index (χ3n) is 2.92. The van der Waals surface area contributed by atoms with E-state index in [2.05, 4.69) is 10.7 Å². The molecule has 0 spiro atoms. The van der Waals surface area contributed by atoms with Crippen LogP contribution in [0.5, 0.6) is 5.75 Å². The van der Waals surface area contributed by atoms with Gasteiger partial charge in [-0.1, -0.05) is 11.6 Å². The average molecular weight is 287 g/mol. The number of hydrogen-bond donors (Lipinski definition) is 1. The number of carbonyl (C=O) groups excluding carboxylic acids is 1. The van der Waals surface area contributed by atoms with Crippen LogP contribution in [0.1, 0.15) is 16.7 Å². The molecule has 7 heteroatoms. The van der Waals surface area contributed by atoms with Crippen LogP contribution in [0.3, 0.4) is 0 Å². The smallest absolute Gasteiger partial charge is 0.430 e. The number of carbonyl (C=O) groups is 1. The van der Waals surface area contributed by atoms with Crippen LogP contribution < -0.4 is 10.6 Å². The summed E-state index contributed by atoms with van der Waals surface area (Å²) in [6.07, 6.45) is -6.02. The number of nitrogens with two attached hydrogens (primary N) is 1. The average Bonchev–Trinajstić information content (AvgIpc) is 2.35. The van der Waals surface area contributed by atoms with Gasteiger partial charge in [-0.3, -0.25) is 0 Å². The lowest BCUT2D eigenvalue weighted by atomic mass is 9.97. The number of ether oxygens (including phenoxy) is 1. The zero-order valence-corrected chi connectivity index (χ0v) is 10.7. The minimum Gasteiger partial charge on any atom is -0.475 e. The maximum atomic E-state index is 13.0. The molecule has 1 atom stereocenters. The number of halogens is 3. The summed E-state index contributed by atoms with van der Waals surface area (Å²) >= 11 is 0. The van der Waals surface area contributed by atoms with Gasteiger partial charge in [0.25, 0.3) is 0 Å². The quantitative estimate of drug-likeness (QED) is 0.806. The highest BCUT2D eigenvalue weighted by molar-refractivity contribution is 5.96. The molecule has 0 saturated heterocycles. The van der Waals surface area contributed by atoms with Crippen molar-refractivity contribution >= 4 is 12.0 Å². The second-order valence-corrected chi connectivity index (χ2v) is 4.54. The highest BCUT2D eigenvalue weighted by Gasteiger charge is 2.49. The van der Waals surface area contributed by atoms with Gasteiger partial charge in [-0.2, -0.15) is 19.1 Å². The lowest BCUT2D eigenvalue weighted by molar-refractivity contribution is -0.188. The van der Waals surface area contributed by atoms with Gasteiger partial charge in [0.2, 0.25) is 6.10 Å². The Hall–Kier alpha value is -2.02. The van der Waals surface area contributed by atoms with E-state index < -0.39 is 23.8 Å². The molecule has 2 rings (SSSR count). The van der Waals surface area contributed by atoms with Crippen LogP contribution in [0.4, 0.5) is 13.2 Å². The van der Waals surface area contributed by atoms with E-state index in [1.54, 1.807) is 26.0 Å². The minimum absolute atomic E-state index is 0.103. The molecule has 1 heterocycles. The van der Waals surface area contributed by atoms with Crippen molar-refractivity contribution in [2.24, 2.45) is 5.90 Å². The first-order valence-corrected chi connectivity index (χ1v) is 5.71. The SMILES string of the molecule is Cc1cc(C)c2c(c1)C=C(C(=O)ON)C(C(F)(F)F)O2. The summed E-state index contributed by atoms with van der Waals surface area (Å²) < 4.78 is 43.9. The Morgan fingerprint density at radius 1 is 1.35 bits per heavy atom. The molecule has 0 aromatic heterocycles. The Morgan fingerprint density at radius 3 is 2.55 bits per heavy atom. The summed E-state index contributed by atoms with van der Waals surface area (Å²) in [6, 6.07) is 3.32. The van der Waals surface area contributed by atoms with Crippen LogP contribution >= 0.6 is 0 Å². The van der Waals surface area contributed by atoms with E-state index in [0.29, 0.717) is 11.1 Å². The number of aryl methyl sites for hydroxylation is 2. The Balaban J connectivity index is 2.60. The van der Waals surface area contributed by atoms with Gasteiger partial charge in [0, 0.05) is 5.56 Å². The lowest BCUT2D eigenvalue weighted by Crippen LogP contribution is -2.41. The van der Waals surface area contributed by atoms with E-state index in [0.717, 1.165) is 11.6 Å². The summed E-state index contributed by atoms with van der Waals surface area (Å²) in [5.74, 6) is 3.51. The van der Waals surface area contributed by atoms with Crippen LogP contribution in [0, 0.1) is 13.8 Å². The molecular weight excluding hydrogens is 275 g/mol. The van der Waals surface area contributed by atoms with Gasteiger partial charge in [0.15, 0.2) is 0 Å². The fourth-order valence-corrected chi connectivity index (χ4v) is 2.16. The van der Waals surface area contributed by atoms with E-state index in [1.165, 1.54) is 0 Å². The van der Waals surface area contributed by atoms with Crippen LogP contribution in [-0.2, 0) is 9.63 Å². The predicted molar refractivity (Wildman–Crippen MR) is 64.6 cm³/mol. The largest absolute Gasteiger partial charge is 0.475 e. The highest BCUT2D eigenvalue weighted by atomic mass is 19.4. The molecule has 0 bridgehead atoms. The Kier molecular flexibility index (Phi) is 3.47. The van der Waals surface area contributed by atoms with E-state index in [4.69, 9.17) is 4.74 Å². The first kappa shape index (κ1) is 14.4. The van der Waals surface area contributed by atoms with Gasteiger partial charge in [0.05, 0.1) is 5.57 Å². The molecular formula is C13H12F3NO3. The van der Waals surface area contributed by atoms with Crippen molar-refractivity contribution in [1.29, 1.82) is 0 Å². The molecule has 1 aliphatic rings. The topological polar surface area (TPSA) is 61.5 Å². The first-order valence-electron chi connectivity index (χ1n) is 5.71. The van der Waals surface area contributed by atoms with Crippen molar-refractivity contribution in [3.63, 3.8) is 0 Å². The number of hydrogen-bond acceptors (Lipinski definition) is 4. The molecule has 0 fully saturated rings. The van der Waals surface area contributed by atoms with Gasteiger partial charge < -0.3 is 9.57 Å². The highest BCUT2D eigenvalue weighted by Crippen LogP contribution is 2.39. The Morgan fingerprint density at radius 2 is 2.00 bits per heavy atom. The van der Waals surface area contributed by atoms with Crippen LogP contribution in [-0.4, -0.2) is 18.2 Å². The molecule has 0 radical (unpaired) electrons. The van der Waals surface area contributed by atoms with Gasteiger partial charge in [-0.05, 0) is 31.6 Å². The molecule has 0 saturated carbocycles. The molecule has 1 aromatic rings. The molecule has 1 unspecified atom stereocenters. The second kappa shape index (κ2) is 4.82. The minimum atomic E-state index is -4.74. The van der Waals surface area contributed by atoms with E-state index in [-0.39, 0.29) is 5.75 Å². The third-order valence-corrected chi connectivity index (χ3v) is 2.92. The first-order chi connectivity index (χ1) is 9.24. The number of benzene rings is 1. The van der Waals surface area contributed by atoms with Crippen molar-refractivity contribution in [2.75, 3.05) is 0 Å². The van der Waals surface area contributed by atoms with Gasteiger partial charge in [-0.15, -0.1) is 0 Å². The third kappa shape index (κ3) is 2.49. The van der Waals surface area contributed by atoms with Crippen molar-refractivity contribution in [1.82, 2.24) is 0 Å². The summed E-state index contributed by atoms with van der Waals surface area (Å²) in [4.78, 5) is 15.3. The van der Waals surface area contributed by atoms with Crippen LogP contribution in [0.2, 0.25) is 0 Å². The molecule has 20 heavy (non-hydrogen) atoms. The van der Waals surface area contributed by atoms with E-state index in [9.17, 15) is 18.0 Å². The molecule has 0 amide bonds. The van der Waals surface area contributed by atoms with Crippen molar-refractivity contribution in [3.05, 3.63) is 34.4 Å². The summed E-state index contributed by atoms with van der Waals surface area (Å²) in [5.41, 5.74) is 1.12. The summed E-state index contributed by atoms with van der Waals surface area (Å²) in [6.45, 7) is 3.43. The number of fused-ring (bicyclic) bond motifs is 1. The van der Waals surface area contributed by atoms with Crippen molar-refractivity contribution < 1.29 is 27.5 Å². The predicted octanol–water partition coefficient (Wildman–Crippen LogP) is 2.43. The van der Waals surface area contributed by atoms with Crippen molar-refractivity contribution in [3.8, 4) is 5.75 Å². The van der Waals surface area contributed by atoms with Gasteiger partial charge in [-0.25, -0.2) is 4.79 Å². The van der Waals surface area contributed by atoms with Crippen LogP contribution in [0.15, 0.2) is 17.7 Å². The van der Waals surface area contributed by atoms with Gasteiger partial charge >= 0.3 is 12.1 Å². The Labute approximate surface area is 112 Å². The number of rotatable bonds is 1. The standard InChI is InChI=1S/C13H12F3NO3/c1-6-3-7(2)10-8(4-6)5-9(12(18)20-17)11(19-10)13(14,15)16/h3-5,11H,17H2,1-2H3. The molecule has 108 valence electrons. The van der Waals surface area contributed by atoms with Crippen LogP contribution in [0.25, 0.3) is 6.08 Å². The second-order valence-electron chi connectivity index (χ2n) is 4.54. The van der Waals surface area contributed by atoms with Gasteiger partial charge in [0.1, 0.15) is 5.75 Å². The normalized spacial score (nSPS) is 17.9. The zero-order valence-electron chi connectivity index (χ0n) is 10.7. The Bertz CT molecular complexity index is 593. The summed E-state index contributed by atoms with van der Waals surface area (Å²) in [7, 11) is 0. The maximum absolute atomic E-state index is 13.0. The molecule has 2 N–H and O–H groups in total. The van der Waals surface area contributed by atoms with Crippen molar-refractivity contribution in [2.45, 2.75) is 26.1 Å². The maximum Gasteiger partial charge on any atom is 0.430 e. The fourth-order valence-electron chi connectivity index (χ4n) is 2.16. The fraction of sp³-hybridized carbons (Fsp3) is 0.308. The molecule has 1 aliphatic heterocycles. The lowest BCUT2D eigenvalue weighted by Gasteiger charge is -2.28.